The van der Waals surface area contributed by atoms with Gasteiger partial charge >= 0.3 is 0 Å². The monoisotopic (exact) mass is 338 g/mol. The molecule has 1 aliphatic heterocycles. The van der Waals surface area contributed by atoms with Gasteiger partial charge in [0.2, 0.25) is 0 Å². The van der Waals surface area contributed by atoms with E-state index in [1.54, 1.807) is 34.2 Å². The third-order valence-corrected chi connectivity index (χ3v) is 4.40. The highest BCUT2D eigenvalue weighted by molar-refractivity contribution is 5.95. The van der Waals surface area contributed by atoms with E-state index in [0.29, 0.717) is 37.5 Å². The molecule has 0 saturated carbocycles. The summed E-state index contributed by atoms with van der Waals surface area (Å²) in [7, 11) is 0. The molecule has 0 radical (unpaired) electrons. The third kappa shape index (κ3) is 2.88. The highest BCUT2D eigenvalue weighted by Crippen LogP contribution is 2.13. The molecule has 4 heterocycles. The fourth-order valence-corrected chi connectivity index (χ4v) is 3.10. The molecule has 0 bridgehead atoms. The second-order valence-electron chi connectivity index (χ2n) is 6.13. The largest absolute Gasteiger partial charge is 0.459 e. The van der Waals surface area contributed by atoms with Crippen molar-refractivity contribution in [3.05, 3.63) is 59.9 Å². The van der Waals surface area contributed by atoms with Crippen LogP contribution < -0.4 is 0 Å². The van der Waals surface area contributed by atoms with E-state index in [9.17, 15) is 9.59 Å². The predicted molar refractivity (Wildman–Crippen MR) is 90.4 cm³/mol. The highest BCUT2D eigenvalue weighted by atomic mass is 16.3. The number of nitrogens with zero attached hydrogens (tertiary/aromatic N) is 4. The van der Waals surface area contributed by atoms with Gasteiger partial charge in [0.05, 0.1) is 17.5 Å². The van der Waals surface area contributed by atoms with Gasteiger partial charge in [-0.3, -0.25) is 9.59 Å². The van der Waals surface area contributed by atoms with Crippen LogP contribution >= 0.6 is 0 Å². The Morgan fingerprint density at radius 3 is 2.40 bits per heavy atom. The van der Waals surface area contributed by atoms with Crippen LogP contribution in [0.5, 0.6) is 0 Å². The summed E-state index contributed by atoms with van der Waals surface area (Å²) in [4.78, 5) is 32.9. The van der Waals surface area contributed by atoms with Crippen molar-refractivity contribution in [2.45, 2.75) is 6.92 Å². The van der Waals surface area contributed by atoms with Crippen molar-refractivity contribution in [2.24, 2.45) is 0 Å². The van der Waals surface area contributed by atoms with Crippen LogP contribution in [0.1, 0.15) is 26.6 Å². The number of hydrogen-bond donors (Lipinski definition) is 0. The zero-order valence-corrected chi connectivity index (χ0v) is 13.9. The number of aryl methyl sites for hydroxylation is 1. The van der Waals surface area contributed by atoms with Gasteiger partial charge in [0.25, 0.3) is 11.8 Å². The number of amides is 2. The Morgan fingerprint density at radius 1 is 1.00 bits per heavy atom. The topological polar surface area (TPSA) is 71.1 Å². The Kier molecular flexibility index (Phi) is 3.76. The number of carbonyl (C=O) groups is 2. The van der Waals surface area contributed by atoms with E-state index in [1.807, 2.05) is 23.6 Å². The molecule has 0 atom stereocenters. The molecule has 0 N–H and O–H groups in total. The lowest BCUT2D eigenvalue weighted by molar-refractivity contribution is 0.0518. The molecule has 7 heteroatoms. The maximum absolute atomic E-state index is 12.7. The molecule has 0 aromatic carbocycles. The van der Waals surface area contributed by atoms with Crippen molar-refractivity contribution in [1.29, 1.82) is 0 Å². The number of carbonyl (C=O) groups excluding carboxylic acids is 2. The van der Waals surface area contributed by atoms with E-state index in [4.69, 9.17) is 4.42 Å². The molecule has 1 fully saturated rings. The predicted octanol–water partition coefficient (Wildman–Crippen LogP) is 1.83. The van der Waals surface area contributed by atoms with Gasteiger partial charge in [0.15, 0.2) is 5.76 Å². The fraction of sp³-hybridized carbons (Fsp3) is 0.278. The number of pyridine rings is 1. The maximum atomic E-state index is 12.7. The minimum atomic E-state index is -0.132. The standard InChI is InChI=1S/C18H18N4O3/c1-13-11-22-12-14(4-5-16(22)19-13)17(23)20-6-8-21(9-7-20)18(24)15-3-2-10-25-15/h2-5,10-12H,6-9H2,1H3. The van der Waals surface area contributed by atoms with Crippen molar-refractivity contribution in [3.63, 3.8) is 0 Å². The molecule has 1 saturated heterocycles. The van der Waals surface area contributed by atoms with E-state index in [0.717, 1.165) is 11.3 Å². The molecule has 0 aliphatic carbocycles. The summed E-state index contributed by atoms with van der Waals surface area (Å²) in [6, 6.07) is 6.99. The van der Waals surface area contributed by atoms with Gasteiger partial charge in [-0.15, -0.1) is 0 Å². The highest BCUT2D eigenvalue weighted by Gasteiger charge is 2.26. The Labute approximate surface area is 144 Å². The van der Waals surface area contributed by atoms with E-state index in [2.05, 4.69) is 4.98 Å². The Bertz CT molecular complexity index is 921. The number of fused-ring (bicyclic) bond motifs is 1. The first-order valence-corrected chi connectivity index (χ1v) is 8.19. The SMILES string of the molecule is Cc1cn2cc(C(=O)N3CCN(C(=O)c4ccco4)CC3)ccc2n1. The van der Waals surface area contributed by atoms with Gasteiger partial charge in [0.1, 0.15) is 5.65 Å². The number of aromatic nitrogens is 2. The third-order valence-electron chi connectivity index (χ3n) is 4.40. The summed E-state index contributed by atoms with van der Waals surface area (Å²) in [5.74, 6) is 0.173. The smallest absolute Gasteiger partial charge is 0.289 e. The molecule has 7 nitrogen and oxygen atoms in total. The minimum absolute atomic E-state index is 0.0293. The van der Waals surface area contributed by atoms with Gasteiger partial charge in [0, 0.05) is 38.6 Å². The zero-order chi connectivity index (χ0) is 17.4. The van der Waals surface area contributed by atoms with Crippen LogP contribution in [0.25, 0.3) is 5.65 Å². The van der Waals surface area contributed by atoms with Crippen molar-refractivity contribution < 1.29 is 14.0 Å². The summed E-state index contributed by atoms with van der Waals surface area (Å²) in [6.45, 7) is 3.93. The fourth-order valence-electron chi connectivity index (χ4n) is 3.10. The second-order valence-corrected chi connectivity index (χ2v) is 6.13. The Hall–Kier alpha value is -3.09. The lowest BCUT2D eigenvalue weighted by atomic mass is 10.2. The summed E-state index contributed by atoms with van der Waals surface area (Å²) in [5.41, 5.74) is 2.35. The van der Waals surface area contributed by atoms with Crippen LogP contribution in [0, 0.1) is 6.92 Å². The normalized spacial score (nSPS) is 14.9. The van der Waals surface area contributed by atoms with Crippen molar-refractivity contribution in [2.75, 3.05) is 26.2 Å². The molecular weight excluding hydrogens is 320 g/mol. The van der Waals surface area contributed by atoms with Crippen LogP contribution in [0.3, 0.4) is 0 Å². The summed E-state index contributed by atoms with van der Waals surface area (Å²) >= 11 is 0. The minimum Gasteiger partial charge on any atom is -0.459 e. The lowest BCUT2D eigenvalue weighted by Gasteiger charge is -2.34. The molecule has 0 unspecified atom stereocenters. The Morgan fingerprint density at radius 2 is 1.72 bits per heavy atom. The van der Waals surface area contributed by atoms with E-state index >= 15 is 0 Å². The first kappa shape index (κ1) is 15.4. The molecule has 3 aromatic heterocycles. The molecule has 4 rings (SSSR count). The summed E-state index contributed by atoms with van der Waals surface area (Å²) in [5, 5.41) is 0. The zero-order valence-electron chi connectivity index (χ0n) is 13.9. The van der Waals surface area contributed by atoms with Gasteiger partial charge in [-0.2, -0.15) is 0 Å². The van der Waals surface area contributed by atoms with Crippen LogP contribution in [0.4, 0.5) is 0 Å². The molecule has 0 spiro atoms. The van der Waals surface area contributed by atoms with Gasteiger partial charge in [-0.05, 0) is 31.2 Å². The Balaban J connectivity index is 1.44. The number of hydrogen-bond acceptors (Lipinski definition) is 4. The average molecular weight is 338 g/mol. The molecule has 25 heavy (non-hydrogen) atoms. The first-order chi connectivity index (χ1) is 12.1. The number of piperazine rings is 1. The molecule has 3 aromatic rings. The van der Waals surface area contributed by atoms with Crippen LogP contribution in [0.15, 0.2) is 47.3 Å². The first-order valence-electron chi connectivity index (χ1n) is 8.19. The van der Waals surface area contributed by atoms with Crippen LogP contribution in [-0.4, -0.2) is 57.2 Å². The average Bonchev–Trinajstić information content (AvgIpc) is 3.28. The van der Waals surface area contributed by atoms with Gasteiger partial charge in [-0.25, -0.2) is 4.98 Å². The number of rotatable bonds is 2. The molecule has 128 valence electrons. The molecule has 2 amide bonds. The summed E-state index contributed by atoms with van der Waals surface area (Å²) < 4.78 is 7.01. The maximum Gasteiger partial charge on any atom is 0.289 e. The second kappa shape index (κ2) is 6.08. The van der Waals surface area contributed by atoms with Crippen molar-refractivity contribution in [3.8, 4) is 0 Å². The lowest BCUT2D eigenvalue weighted by Crippen LogP contribution is -2.50. The molecule has 1 aliphatic rings. The summed E-state index contributed by atoms with van der Waals surface area (Å²) in [6.07, 6.45) is 5.19. The van der Waals surface area contributed by atoms with Crippen molar-refractivity contribution in [1.82, 2.24) is 19.2 Å². The van der Waals surface area contributed by atoms with E-state index in [1.165, 1.54) is 6.26 Å². The molecular formula is C18H18N4O3. The van der Waals surface area contributed by atoms with Gasteiger partial charge < -0.3 is 18.6 Å². The van der Waals surface area contributed by atoms with Crippen LogP contribution in [0.2, 0.25) is 0 Å². The van der Waals surface area contributed by atoms with E-state index < -0.39 is 0 Å². The number of furan rings is 1. The van der Waals surface area contributed by atoms with Crippen molar-refractivity contribution >= 4 is 17.5 Å². The number of imidazole rings is 1. The van der Waals surface area contributed by atoms with E-state index in [-0.39, 0.29) is 11.8 Å². The van der Waals surface area contributed by atoms with Gasteiger partial charge in [-0.1, -0.05) is 0 Å². The quantitative estimate of drug-likeness (QED) is 0.715. The van der Waals surface area contributed by atoms with Crippen LogP contribution in [-0.2, 0) is 0 Å².